The lowest BCUT2D eigenvalue weighted by atomic mass is 9.80. The Morgan fingerprint density at radius 2 is 0.324 bits per heavy atom. The van der Waals surface area contributed by atoms with E-state index in [1.54, 1.807) is 0 Å². The third-order valence-corrected chi connectivity index (χ3v) is 35.5. The number of ether oxygens (including phenoxy) is 7. The van der Waals surface area contributed by atoms with Crippen LogP contribution in [-0.4, -0.2) is 240 Å². The van der Waals surface area contributed by atoms with Gasteiger partial charge >= 0.3 is 41.8 Å². The van der Waals surface area contributed by atoms with Crippen LogP contribution >= 0.6 is 0 Å². The number of hydroxylamine groups is 14. The maximum Gasteiger partial charge on any atom is 0.339 e. The second kappa shape index (κ2) is 47.4. The second-order valence-electron chi connectivity index (χ2n) is 56.9. The quantitative estimate of drug-likeness (QED) is 0.0409. The molecule has 0 atom stereocenters. The number of esters is 7. The van der Waals surface area contributed by atoms with Crippen molar-refractivity contribution < 1.29 is 101 Å². The summed E-state index contributed by atoms with van der Waals surface area (Å²) in [6, 6.07) is 2.69. The fourth-order valence-corrected chi connectivity index (χ4v) is 30.3. The van der Waals surface area contributed by atoms with E-state index in [4.69, 9.17) is 67.0 Å². The van der Waals surface area contributed by atoms with Crippen LogP contribution in [0, 0.1) is 5.92 Å². The van der Waals surface area contributed by atoms with E-state index in [0.717, 1.165) is 141 Å². The van der Waals surface area contributed by atoms with Gasteiger partial charge < -0.3 is 33.2 Å². The van der Waals surface area contributed by atoms with Crippen molar-refractivity contribution in [2.24, 2.45) is 5.92 Å². The molecule has 0 N–H and O–H groups in total. The zero-order valence-electron chi connectivity index (χ0n) is 97.4. The summed E-state index contributed by atoms with van der Waals surface area (Å²) in [5.41, 5.74) is -7.64. The van der Waals surface area contributed by atoms with Gasteiger partial charge in [0.1, 0.15) is 42.7 Å². The van der Waals surface area contributed by atoms with E-state index in [1.807, 2.05) is 0 Å². The molecule has 28 nitrogen and oxygen atoms in total. The highest BCUT2D eigenvalue weighted by Gasteiger charge is 2.59. The van der Waals surface area contributed by atoms with Gasteiger partial charge in [0.2, 0.25) is 0 Å². The van der Waals surface area contributed by atoms with E-state index in [0.29, 0.717) is 89.9 Å². The molecule has 7 saturated carbocycles. The Bertz CT molecular complexity index is 4070. The standard InChI is InChI=1S/C70H114N4O12.C50H87N3O9/c1-63(2)39-51(40-64(3,4)71(63)83-47-29-21-17-22-30-47)79-59(75)55-37-57(61(77)81-53-43-67(9,10)73(68(11,12)44-53)85-49-33-25-19-26-34-49)58(62(78)82-54-45-69(13,14)74(70(15,16)46-54)86-50-35-27-20-28-36-50)38-56(55)60(76)80-52-41-65(5,6)72(66(7,8)42-52)84-48-31-23-18-24-32-48;1-45(2)29-38(30-46(3,4)51(45)60-35-22-16-13-17-23-35)57-42(54)28-41(43(55)58-39-31-47(5,6)52(48(7,8)32-39)61-36-24-18-14-19-25-36)44(56)59-40-33-49(9,10)53(50(11,12)34-40)62-37-26-20-15-21-27-37/h37-38,47-54H,17-36,39-46H2,1-16H3;35-41H,13-34H2,1-12H3. The molecule has 1 aromatic carbocycles. The van der Waals surface area contributed by atoms with Crippen molar-refractivity contribution in [2.75, 3.05) is 0 Å². The van der Waals surface area contributed by atoms with E-state index >= 15 is 19.2 Å². The fourth-order valence-electron chi connectivity index (χ4n) is 30.3. The van der Waals surface area contributed by atoms with E-state index in [1.165, 1.54) is 95.6 Å². The fraction of sp³-hybridized carbons (Fsp3) is 0.892. The molecule has 7 saturated heterocycles. The number of nitrogens with zero attached hydrogens (tertiary/aromatic N) is 7. The molecule has 15 rings (SSSR count). The highest BCUT2D eigenvalue weighted by atomic mass is 16.7. The molecule has 0 bridgehead atoms. The van der Waals surface area contributed by atoms with Crippen LogP contribution in [0.25, 0.3) is 0 Å². The summed E-state index contributed by atoms with van der Waals surface area (Å²) in [7, 11) is 0. The van der Waals surface area contributed by atoms with Crippen molar-refractivity contribution in [3.05, 3.63) is 34.4 Å². The van der Waals surface area contributed by atoms with Crippen LogP contribution in [0.15, 0.2) is 12.1 Å². The van der Waals surface area contributed by atoms with Crippen LogP contribution in [0.1, 0.15) is 556 Å². The lowest BCUT2D eigenvalue weighted by Crippen LogP contribution is -2.63. The normalized spacial score (nSPS) is 28.0. The highest BCUT2D eigenvalue weighted by molar-refractivity contribution is 6.10. The third-order valence-electron chi connectivity index (χ3n) is 35.5. The molecule has 0 unspecified atom stereocenters. The van der Waals surface area contributed by atoms with E-state index in [2.05, 4.69) is 229 Å². The number of piperidine rings is 7. The third kappa shape index (κ3) is 29.7. The number of carbonyl (C=O) groups excluding carboxylic acids is 7. The summed E-state index contributed by atoms with van der Waals surface area (Å²) in [6.45, 7) is 59.5. The molecule has 0 amide bonds. The molecule has 0 spiro atoms. The van der Waals surface area contributed by atoms with Crippen LogP contribution < -0.4 is 0 Å². The summed E-state index contributed by atoms with van der Waals surface area (Å²) in [5, 5.41) is 14.9. The van der Waals surface area contributed by atoms with Gasteiger partial charge in [-0.1, -0.05) is 135 Å². The molecule has 7 heterocycles. The monoisotopic (exact) mass is 2080 g/mol. The molecule has 148 heavy (non-hydrogen) atoms. The predicted molar refractivity (Wildman–Crippen MR) is 571 cm³/mol. The summed E-state index contributed by atoms with van der Waals surface area (Å²) < 4.78 is 45.3. The van der Waals surface area contributed by atoms with Crippen molar-refractivity contribution in [3.63, 3.8) is 0 Å². The summed E-state index contributed by atoms with van der Waals surface area (Å²) in [5.74, 6) is -6.75. The first-order valence-electron chi connectivity index (χ1n) is 58.9. The van der Waals surface area contributed by atoms with Crippen LogP contribution in [0.2, 0.25) is 0 Å². The molecule has 7 aliphatic heterocycles. The van der Waals surface area contributed by atoms with Crippen molar-refractivity contribution in [1.29, 1.82) is 0 Å². The van der Waals surface area contributed by atoms with Gasteiger partial charge in [0.25, 0.3) is 0 Å². The van der Waals surface area contributed by atoms with Crippen molar-refractivity contribution in [3.8, 4) is 0 Å². The Kier molecular flexibility index (Phi) is 37.9. The van der Waals surface area contributed by atoms with Crippen molar-refractivity contribution in [2.45, 2.75) is 678 Å². The molecular weight excluding hydrogens is 1880 g/mol. The molecule has 14 fully saturated rings. The zero-order chi connectivity index (χ0) is 108. The van der Waals surface area contributed by atoms with Crippen LogP contribution in [0.3, 0.4) is 0 Å². The molecule has 842 valence electrons. The molecule has 0 aromatic heterocycles. The van der Waals surface area contributed by atoms with Gasteiger partial charge in [0, 0.05) is 167 Å². The highest BCUT2D eigenvalue weighted by Crippen LogP contribution is 2.52. The Morgan fingerprint density at radius 1 is 0.196 bits per heavy atom. The Balaban J connectivity index is 0.000000246. The average molecular weight is 2080 g/mol. The summed E-state index contributed by atoms with van der Waals surface area (Å²) in [4.78, 5) is 152. The van der Waals surface area contributed by atoms with Crippen LogP contribution in [-0.2, 0) is 81.4 Å². The van der Waals surface area contributed by atoms with Crippen molar-refractivity contribution >= 4 is 41.8 Å². The van der Waals surface area contributed by atoms with Gasteiger partial charge in [-0.3, -0.25) is 48.2 Å². The lowest BCUT2D eigenvalue weighted by Gasteiger charge is -2.54. The molecule has 14 aliphatic rings. The van der Waals surface area contributed by atoms with Crippen LogP contribution in [0.5, 0.6) is 0 Å². The summed E-state index contributed by atoms with van der Waals surface area (Å²) in [6.07, 6.45) is 42.7. The number of benzene rings is 1. The summed E-state index contributed by atoms with van der Waals surface area (Å²) >= 11 is 0. The van der Waals surface area contributed by atoms with Gasteiger partial charge in [-0.15, -0.1) is 0 Å². The van der Waals surface area contributed by atoms with Gasteiger partial charge in [0.05, 0.1) is 71.4 Å². The Labute approximate surface area is 891 Å². The second-order valence-corrected chi connectivity index (χ2v) is 56.9. The Morgan fingerprint density at radius 3 is 0.466 bits per heavy atom. The SMILES string of the molecule is CC1(C)CC(OC(=O)CC(C(=O)OC2CC(C)(C)N(OC3CCCCC3)C(C)(C)C2)C(=O)OC2CC(C)(C)N(OC3CCCCC3)C(C)(C)C2)CC(C)(C)N1OC1CCCCC1.CC1(C)CC(OC(=O)c2cc(C(=O)OC3CC(C)(C)N(OC4CCCCC4)C(C)(C)C3)c(C(=O)OC3CC(C)(C)N(OC4CCCCC4)C(C)(C)C3)cc2C(=O)OC2CC(C)(C)N(OC3CCCCC3)C(C)(C)C2)CC(C)(C)N1OC1CCCCC1. The van der Waals surface area contributed by atoms with E-state index < -0.39 is 174 Å². The minimum absolute atomic E-state index is 0.122. The van der Waals surface area contributed by atoms with Gasteiger partial charge in [-0.2, -0.15) is 35.4 Å². The van der Waals surface area contributed by atoms with Gasteiger partial charge in [-0.05, 0) is 296 Å². The predicted octanol–water partition coefficient (Wildman–Crippen LogP) is 25.9. The number of rotatable bonds is 29. The first kappa shape index (κ1) is 118. The lowest BCUT2D eigenvalue weighted by molar-refractivity contribution is -0.319. The molecule has 7 aliphatic carbocycles. The number of carbonyl (C=O) groups is 7. The average Bonchev–Trinajstić information content (AvgIpc) is 0.720. The largest absolute Gasteiger partial charge is 0.462 e. The van der Waals surface area contributed by atoms with E-state index in [-0.39, 0.29) is 65.0 Å². The van der Waals surface area contributed by atoms with Gasteiger partial charge in [0.15, 0.2) is 5.92 Å². The Hall–Kier alpha value is -5.05. The van der Waals surface area contributed by atoms with Crippen molar-refractivity contribution in [1.82, 2.24) is 35.4 Å². The first-order valence-corrected chi connectivity index (χ1v) is 58.9. The minimum Gasteiger partial charge on any atom is -0.462 e. The van der Waals surface area contributed by atoms with E-state index in [9.17, 15) is 14.4 Å². The minimum atomic E-state index is -1.47. The van der Waals surface area contributed by atoms with Crippen LogP contribution in [0.4, 0.5) is 0 Å². The van der Waals surface area contributed by atoms with Gasteiger partial charge in [-0.25, -0.2) is 19.2 Å². The smallest absolute Gasteiger partial charge is 0.339 e. The first-order chi connectivity index (χ1) is 69.0. The maximum atomic E-state index is 15.4. The topological polar surface area (TPSA) is 271 Å². The molecule has 28 heteroatoms. The maximum absolute atomic E-state index is 15.4. The molecule has 1 aromatic rings. The number of hydrogen-bond donors (Lipinski definition) is 0. The molecule has 0 radical (unpaired) electrons. The molecular formula is C120H201N7O21. The number of hydrogen-bond acceptors (Lipinski definition) is 28. The zero-order valence-corrected chi connectivity index (χ0v) is 97.4.